The highest BCUT2D eigenvalue weighted by Gasteiger charge is 2.15. The van der Waals surface area contributed by atoms with Crippen LogP contribution in [0.25, 0.3) is 0 Å². The number of ether oxygens (including phenoxy) is 1. The number of aromatic nitrogens is 2. The second kappa shape index (κ2) is 6.92. The third kappa shape index (κ3) is 7.23. The van der Waals surface area contributed by atoms with Crippen molar-refractivity contribution in [3.63, 3.8) is 0 Å². The quantitative estimate of drug-likeness (QED) is 0.622. The number of hydrogen-bond acceptors (Lipinski definition) is 4. The summed E-state index contributed by atoms with van der Waals surface area (Å²) in [4.78, 5) is 11.4. The van der Waals surface area contributed by atoms with E-state index in [2.05, 4.69) is 15.7 Å². The van der Waals surface area contributed by atoms with Gasteiger partial charge in [0.15, 0.2) is 19.1 Å². The molecule has 0 spiro atoms. The van der Waals surface area contributed by atoms with Crippen LogP contribution in [0.4, 0.5) is 10.6 Å². The predicted octanol–water partition coefficient (Wildman–Crippen LogP) is 1.23. The fourth-order valence-electron chi connectivity index (χ4n) is 1.40. The maximum Gasteiger partial charge on any atom is 0.407 e. The Morgan fingerprint density at radius 3 is 2.79 bits per heavy atom. The Morgan fingerprint density at radius 2 is 2.16 bits per heavy atom. The number of nitrogens with one attached hydrogen (secondary N) is 2. The van der Waals surface area contributed by atoms with Crippen LogP contribution in [0.3, 0.4) is 0 Å². The number of alkyl carbamates (subject to hydrolysis) is 1. The lowest BCUT2D eigenvalue weighted by Gasteiger charge is -2.19. The molecule has 1 heterocycles. The van der Waals surface area contributed by atoms with Crippen LogP contribution < -0.4 is 15.3 Å². The van der Waals surface area contributed by atoms with Crippen molar-refractivity contribution in [1.29, 1.82) is 0 Å². The summed E-state index contributed by atoms with van der Waals surface area (Å²) in [6.45, 7) is 6.84. The highest BCUT2D eigenvalue weighted by Crippen LogP contribution is 2.06. The van der Waals surface area contributed by atoms with Gasteiger partial charge >= 0.3 is 6.09 Å². The summed E-state index contributed by atoms with van der Waals surface area (Å²) in [5.74, 6) is 0.822. The molecule has 0 aliphatic rings. The van der Waals surface area contributed by atoms with Gasteiger partial charge in [0.05, 0.1) is 0 Å². The number of carbonyl (C=O) groups is 1. The minimum absolute atomic E-state index is 0.378. The van der Waals surface area contributed by atoms with E-state index in [-0.39, 0.29) is 6.09 Å². The molecule has 0 aromatic carbocycles. The Morgan fingerprint density at radius 1 is 1.42 bits per heavy atom. The van der Waals surface area contributed by atoms with Crippen LogP contribution in [0.15, 0.2) is 18.3 Å². The first-order chi connectivity index (χ1) is 8.87. The summed E-state index contributed by atoms with van der Waals surface area (Å²) < 4.78 is 6.87. The number of anilines is 1. The summed E-state index contributed by atoms with van der Waals surface area (Å²) in [6, 6.07) is 3.83. The number of hydrogen-bond donors (Lipinski definition) is 2. The van der Waals surface area contributed by atoms with Gasteiger partial charge in [0.25, 0.3) is 0 Å². The van der Waals surface area contributed by atoms with Crippen molar-refractivity contribution in [3.05, 3.63) is 18.3 Å². The van der Waals surface area contributed by atoms with Crippen LogP contribution in [0.5, 0.6) is 0 Å². The summed E-state index contributed by atoms with van der Waals surface area (Å²) in [6.07, 6.45) is 2.30. The van der Waals surface area contributed by atoms with E-state index in [0.29, 0.717) is 6.54 Å². The molecule has 1 amide bonds. The van der Waals surface area contributed by atoms with Crippen LogP contribution in [0.2, 0.25) is 0 Å². The molecule has 0 bridgehead atoms. The Kier molecular flexibility index (Phi) is 5.54. The van der Waals surface area contributed by atoms with E-state index < -0.39 is 5.60 Å². The zero-order valence-corrected chi connectivity index (χ0v) is 12.1. The van der Waals surface area contributed by atoms with Gasteiger partial charge in [-0.15, -0.1) is 0 Å². The molecule has 2 N–H and O–H groups in total. The summed E-state index contributed by atoms with van der Waals surface area (Å²) in [5.41, 5.74) is -0.453. The van der Waals surface area contributed by atoms with Gasteiger partial charge in [-0.3, -0.25) is 0 Å². The molecule has 0 aliphatic heterocycles. The summed E-state index contributed by atoms with van der Waals surface area (Å²) >= 11 is 0. The van der Waals surface area contributed by atoms with Crippen molar-refractivity contribution in [2.75, 3.05) is 18.4 Å². The molecule has 0 radical (unpaired) electrons. The minimum Gasteiger partial charge on any atom is -0.444 e. The van der Waals surface area contributed by atoms with Gasteiger partial charge in [-0.1, -0.05) is 4.68 Å². The summed E-state index contributed by atoms with van der Waals surface area (Å²) in [5, 5.41) is 10.1. The van der Waals surface area contributed by atoms with Gasteiger partial charge in [0, 0.05) is 24.3 Å². The van der Waals surface area contributed by atoms with Crippen molar-refractivity contribution in [3.8, 4) is 0 Å². The number of aryl methyl sites for hydroxylation is 1. The van der Waals surface area contributed by atoms with Gasteiger partial charge in [0.1, 0.15) is 5.60 Å². The average molecular weight is 267 g/mol. The van der Waals surface area contributed by atoms with Gasteiger partial charge in [0.2, 0.25) is 0 Å². The van der Waals surface area contributed by atoms with Crippen LogP contribution >= 0.6 is 0 Å². The Balaban J connectivity index is 2.13. The standard InChI is InChI=1S/C13H22N4O2/c1-13(2,3)19-12(18)15-9-6-8-14-11-7-5-10-17(4)16-11/h5,7,10H,6,8-9H2,1-4H3,(H-,14,15,16,18)/p+1. The normalized spacial score (nSPS) is 10.9. The topological polar surface area (TPSA) is 67.1 Å². The minimum atomic E-state index is -0.453. The van der Waals surface area contributed by atoms with E-state index in [1.165, 1.54) is 0 Å². The number of amides is 1. The molecule has 0 unspecified atom stereocenters. The van der Waals surface area contributed by atoms with Crippen LogP contribution in [0, 0.1) is 0 Å². The van der Waals surface area contributed by atoms with Crippen molar-refractivity contribution in [2.24, 2.45) is 7.05 Å². The monoisotopic (exact) mass is 267 g/mol. The molecule has 1 rings (SSSR count). The molecule has 0 aliphatic carbocycles. The van der Waals surface area contributed by atoms with E-state index in [9.17, 15) is 4.79 Å². The third-order valence-electron chi connectivity index (χ3n) is 2.15. The van der Waals surface area contributed by atoms with Crippen LogP contribution in [-0.4, -0.2) is 29.9 Å². The largest absolute Gasteiger partial charge is 0.444 e. The maximum absolute atomic E-state index is 11.4. The fourth-order valence-corrected chi connectivity index (χ4v) is 1.40. The van der Waals surface area contributed by atoms with E-state index >= 15 is 0 Å². The first-order valence-corrected chi connectivity index (χ1v) is 6.40. The van der Waals surface area contributed by atoms with E-state index in [1.807, 2.05) is 46.1 Å². The second-order valence-corrected chi connectivity index (χ2v) is 5.28. The second-order valence-electron chi connectivity index (χ2n) is 5.28. The summed E-state index contributed by atoms with van der Waals surface area (Å²) in [7, 11) is 1.87. The number of nitrogens with zero attached hydrogens (tertiary/aromatic N) is 2. The van der Waals surface area contributed by atoms with Gasteiger partial charge < -0.3 is 15.4 Å². The highest BCUT2D eigenvalue weighted by molar-refractivity contribution is 5.67. The first-order valence-electron chi connectivity index (χ1n) is 6.40. The van der Waals surface area contributed by atoms with Crippen molar-refractivity contribution < 1.29 is 14.2 Å². The molecule has 0 fully saturated rings. The molecular weight excluding hydrogens is 244 g/mol. The zero-order valence-electron chi connectivity index (χ0n) is 12.1. The SMILES string of the molecule is C[n+]1cccc(NCCCNC(=O)OC(C)(C)C)n1. The van der Waals surface area contributed by atoms with E-state index in [4.69, 9.17) is 4.74 Å². The van der Waals surface area contributed by atoms with Crippen molar-refractivity contribution in [2.45, 2.75) is 32.8 Å². The molecule has 19 heavy (non-hydrogen) atoms. The molecule has 6 heteroatoms. The van der Waals surface area contributed by atoms with Gasteiger partial charge in [-0.2, -0.15) is 0 Å². The fraction of sp³-hybridized carbons (Fsp3) is 0.615. The van der Waals surface area contributed by atoms with E-state index in [1.54, 1.807) is 4.68 Å². The maximum atomic E-state index is 11.4. The molecular formula is C13H23N4O2+. The Labute approximate surface area is 114 Å². The highest BCUT2D eigenvalue weighted by atomic mass is 16.6. The number of carbonyl (C=O) groups excluding carboxylic acids is 1. The van der Waals surface area contributed by atoms with Crippen LogP contribution in [0.1, 0.15) is 27.2 Å². The molecule has 1 aromatic rings. The first kappa shape index (κ1) is 15.2. The molecule has 0 saturated heterocycles. The Hall–Kier alpha value is -1.85. The molecule has 106 valence electrons. The van der Waals surface area contributed by atoms with E-state index in [0.717, 1.165) is 18.8 Å². The van der Waals surface area contributed by atoms with Gasteiger partial charge in [-0.25, -0.2) is 4.79 Å². The number of rotatable bonds is 5. The lowest BCUT2D eigenvalue weighted by Crippen LogP contribution is -2.34. The molecule has 0 saturated carbocycles. The molecule has 6 nitrogen and oxygen atoms in total. The molecule has 0 atom stereocenters. The lowest BCUT2D eigenvalue weighted by atomic mass is 10.2. The van der Waals surface area contributed by atoms with Crippen molar-refractivity contribution in [1.82, 2.24) is 10.4 Å². The lowest BCUT2D eigenvalue weighted by molar-refractivity contribution is -0.729. The molecule has 1 aromatic heterocycles. The van der Waals surface area contributed by atoms with Crippen molar-refractivity contribution >= 4 is 11.9 Å². The van der Waals surface area contributed by atoms with Gasteiger partial charge in [-0.05, 0) is 33.3 Å². The Bertz CT molecular complexity index is 415. The zero-order chi connectivity index (χ0) is 14.3. The predicted molar refractivity (Wildman–Crippen MR) is 72.8 cm³/mol. The average Bonchev–Trinajstić information content (AvgIpc) is 2.26. The smallest absolute Gasteiger partial charge is 0.407 e. The van der Waals surface area contributed by atoms with Crippen LogP contribution in [-0.2, 0) is 11.8 Å². The third-order valence-corrected chi connectivity index (χ3v) is 2.15.